The number of nitrogens with one attached hydrogen (secondary N) is 2. The molecule has 1 heterocycles. The van der Waals surface area contributed by atoms with Gasteiger partial charge in [-0.1, -0.05) is 17.7 Å². The van der Waals surface area contributed by atoms with Crippen molar-refractivity contribution >= 4 is 50.5 Å². The normalized spacial score (nSPS) is 10.3. The Balaban J connectivity index is 1.82. The first-order valence-electron chi connectivity index (χ1n) is 6.04. The van der Waals surface area contributed by atoms with Crippen LogP contribution in [-0.4, -0.2) is 21.4 Å². The van der Waals surface area contributed by atoms with E-state index in [4.69, 9.17) is 23.8 Å². The van der Waals surface area contributed by atoms with E-state index < -0.39 is 0 Å². The number of rotatable bonds is 4. The molecule has 0 spiro atoms. The summed E-state index contributed by atoms with van der Waals surface area (Å²) in [5.74, 6) is 0. The number of benzene rings is 1. The van der Waals surface area contributed by atoms with E-state index in [0.29, 0.717) is 11.7 Å². The van der Waals surface area contributed by atoms with Crippen molar-refractivity contribution in [1.29, 1.82) is 0 Å². The standard InChI is InChI=1S/C13H14BrClN4S/c1-9-11(15)3-2-4-12(9)18-13(20)16-5-6-19-8-10(14)7-17-19/h2-4,7-8H,5-6H2,1H3,(H2,16,18,20). The maximum atomic E-state index is 6.06. The molecule has 0 unspecified atom stereocenters. The van der Waals surface area contributed by atoms with E-state index >= 15 is 0 Å². The van der Waals surface area contributed by atoms with Crippen LogP contribution in [-0.2, 0) is 6.54 Å². The zero-order valence-corrected chi connectivity index (χ0v) is 14.0. The molecule has 0 atom stereocenters. The van der Waals surface area contributed by atoms with E-state index in [9.17, 15) is 0 Å². The third-order valence-electron chi connectivity index (χ3n) is 2.74. The SMILES string of the molecule is Cc1c(Cl)cccc1NC(=S)NCCn1cc(Br)cn1. The van der Waals surface area contributed by atoms with Crippen LogP contribution in [0.3, 0.4) is 0 Å². The molecule has 0 fully saturated rings. The number of hydrogen-bond donors (Lipinski definition) is 2. The van der Waals surface area contributed by atoms with E-state index in [1.807, 2.05) is 36.0 Å². The van der Waals surface area contributed by atoms with Gasteiger partial charge in [-0.15, -0.1) is 0 Å². The zero-order valence-electron chi connectivity index (χ0n) is 10.9. The highest BCUT2D eigenvalue weighted by Gasteiger charge is 2.03. The van der Waals surface area contributed by atoms with Gasteiger partial charge in [0, 0.05) is 23.5 Å². The van der Waals surface area contributed by atoms with Crippen molar-refractivity contribution in [3.63, 3.8) is 0 Å². The maximum absolute atomic E-state index is 6.06. The predicted molar refractivity (Wildman–Crippen MR) is 90.3 cm³/mol. The number of anilines is 1. The lowest BCUT2D eigenvalue weighted by Crippen LogP contribution is -2.31. The lowest BCUT2D eigenvalue weighted by atomic mass is 10.2. The number of hydrogen-bond acceptors (Lipinski definition) is 2. The van der Waals surface area contributed by atoms with Crippen LogP contribution in [0.2, 0.25) is 5.02 Å². The molecule has 0 saturated carbocycles. The predicted octanol–water partition coefficient (Wildman–Crippen LogP) is 3.59. The number of thiocarbonyl (C=S) groups is 1. The van der Waals surface area contributed by atoms with Gasteiger partial charge >= 0.3 is 0 Å². The van der Waals surface area contributed by atoms with Gasteiger partial charge in [0.1, 0.15) is 0 Å². The first-order chi connectivity index (χ1) is 9.56. The van der Waals surface area contributed by atoms with E-state index in [-0.39, 0.29) is 0 Å². The molecule has 2 N–H and O–H groups in total. The first-order valence-corrected chi connectivity index (χ1v) is 7.62. The Hall–Kier alpha value is -1.11. The largest absolute Gasteiger partial charge is 0.361 e. The van der Waals surface area contributed by atoms with Crippen LogP contribution in [0.15, 0.2) is 35.1 Å². The van der Waals surface area contributed by atoms with Gasteiger partial charge in [-0.05, 0) is 52.8 Å². The molecule has 2 aromatic rings. The molecule has 106 valence electrons. The van der Waals surface area contributed by atoms with E-state index in [2.05, 4.69) is 31.7 Å². The fraction of sp³-hybridized carbons (Fsp3) is 0.231. The van der Waals surface area contributed by atoms with Crippen LogP contribution in [0.5, 0.6) is 0 Å². The first kappa shape index (κ1) is 15.3. The molecule has 0 aliphatic carbocycles. The summed E-state index contributed by atoms with van der Waals surface area (Å²) in [6, 6.07) is 5.69. The smallest absolute Gasteiger partial charge is 0.170 e. The van der Waals surface area contributed by atoms with E-state index in [0.717, 1.165) is 27.3 Å². The summed E-state index contributed by atoms with van der Waals surface area (Å²) in [4.78, 5) is 0. The molecule has 0 bridgehead atoms. The molecule has 1 aromatic heterocycles. The van der Waals surface area contributed by atoms with Crippen molar-refractivity contribution < 1.29 is 0 Å². The minimum absolute atomic E-state index is 0.571. The molecule has 0 aliphatic rings. The van der Waals surface area contributed by atoms with Crippen molar-refractivity contribution in [2.24, 2.45) is 0 Å². The summed E-state index contributed by atoms with van der Waals surface area (Å²) in [5.41, 5.74) is 1.89. The average molecular weight is 374 g/mol. The van der Waals surface area contributed by atoms with E-state index in [1.54, 1.807) is 6.20 Å². The Labute approximate surface area is 136 Å². The lowest BCUT2D eigenvalue weighted by Gasteiger charge is -2.13. The lowest BCUT2D eigenvalue weighted by molar-refractivity contribution is 0.604. The minimum Gasteiger partial charge on any atom is -0.361 e. The Morgan fingerprint density at radius 1 is 1.50 bits per heavy atom. The van der Waals surface area contributed by atoms with Gasteiger partial charge in [-0.3, -0.25) is 4.68 Å². The highest BCUT2D eigenvalue weighted by atomic mass is 79.9. The number of nitrogens with zero attached hydrogens (tertiary/aromatic N) is 2. The van der Waals surface area contributed by atoms with Crippen molar-refractivity contribution in [2.75, 3.05) is 11.9 Å². The maximum Gasteiger partial charge on any atom is 0.170 e. The molecule has 7 heteroatoms. The molecule has 0 amide bonds. The fourth-order valence-electron chi connectivity index (χ4n) is 1.65. The van der Waals surface area contributed by atoms with Crippen LogP contribution < -0.4 is 10.6 Å². The van der Waals surface area contributed by atoms with Crippen LogP contribution in [0.25, 0.3) is 0 Å². The van der Waals surface area contributed by atoms with Crippen LogP contribution in [0, 0.1) is 6.92 Å². The highest BCUT2D eigenvalue weighted by molar-refractivity contribution is 9.10. The summed E-state index contributed by atoms with van der Waals surface area (Å²) >= 11 is 14.7. The average Bonchev–Trinajstić information content (AvgIpc) is 2.81. The summed E-state index contributed by atoms with van der Waals surface area (Å²) in [7, 11) is 0. The number of aromatic nitrogens is 2. The van der Waals surface area contributed by atoms with Gasteiger partial charge in [0.05, 0.1) is 17.2 Å². The number of halogens is 2. The van der Waals surface area contributed by atoms with Gasteiger partial charge in [0.15, 0.2) is 5.11 Å². The Morgan fingerprint density at radius 3 is 3.00 bits per heavy atom. The second-order valence-electron chi connectivity index (χ2n) is 4.21. The van der Waals surface area contributed by atoms with Gasteiger partial charge < -0.3 is 10.6 Å². The van der Waals surface area contributed by atoms with Gasteiger partial charge in [-0.2, -0.15) is 5.10 Å². The highest BCUT2D eigenvalue weighted by Crippen LogP contribution is 2.22. The summed E-state index contributed by atoms with van der Waals surface area (Å²) in [6.45, 7) is 3.38. The van der Waals surface area contributed by atoms with Crippen molar-refractivity contribution in [3.05, 3.63) is 45.7 Å². The second kappa shape index (κ2) is 7.06. The Bertz CT molecular complexity index is 614. The summed E-state index contributed by atoms with van der Waals surface area (Å²) in [6.07, 6.45) is 3.67. The monoisotopic (exact) mass is 372 g/mol. The van der Waals surface area contributed by atoms with Crippen LogP contribution >= 0.6 is 39.7 Å². The molecular weight excluding hydrogens is 360 g/mol. The van der Waals surface area contributed by atoms with Gasteiger partial charge in [0.25, 0.3) is 0 Å². The zero-order chi connectivity index (χ0) is 14.5. The Morgan fingerprint density at radius 2 is 2.30 bits per heavy atom. The summed E-state index contributed by atoms with van der Waals surface area (Å²) < 4.78 is 2.80. The van der Waals surface area contributed by atoms with Crippen molar-refractivity contribution in [3.8, 4) is 0 Å². The van der Waals surface area contributed by atoms with Crippen LogP contribution in [0.4, 0.5) is 5.69 Å². The molecule has 0 radical (unpaired) electrons. The van der Waals surface area contributed by atoms with E-state index in [1.165, 1.54) is 0 Å². The van der Waals surface area contributed by atoms with Crippen molar-refractivity contribution in [1.82, 2.24) is 15.1 Å². The quantitative estimate of drug-likeness (QED) is 0.804. The van der Waals surface area contributed by atoms with Crippen molar-refractivity contribution in [2.45, 2.75) is 13.5 Å². The molecule has 0 saturated heterocycles. The third kappa shape index (κ3) is 4.19. The molecule has 0 aliphatic heterocycles. The third-order valence-corrected chi connectivity index (χ3v) is 3.81. The van der Waals surface area contributed by atoms with Crippen LogP contribution in [0.1, 0.15) is 5.56 Å². The fourth-order valence-corrected chi connectivity index (χ4v) is 2.37. The Kier molecular flexibility index (Phi) is 5.39. The molecule has 4 nitrogen and oxygen atoms in total. The molecule has 20 heavy (non-hydrogen) atoms. The van der Waals surface area contributed by atoms with Gasteiger partial charge in [0.2, 0.25) is 0 Å². The molecule has 2 rings (SSSR count). The van der Waals surface area contributed by atoms with Gasteiger partial charge in [-0.25, -0.2) is 0 Å². The minimum atomic E-state index is 0.571. The second-order valence-corrected chi connectivity index (χ2v) is 5.95. The molecular formula is C13H14BrClN4S. The molecule has 1 aromatic carbocycles. The topological polar surface area (TPSA) is 41.9 Å². The summed E-state index contributed by atoms with van der Waals surface area (Å²) in [5, 5.41) is 11.7.